The van der Waals surface area contributed by atoms with Gasteiger partial charge in [-0.05, 0) is 40.4 Å². The summed E-state index contributed by atoms with van der Waals surface area (Å²) in [6, 6.07) is -0.279. The molecule has 2 bridgehead atoms. The Balaban J connectivity index is 2.13. The van der Waals surface area contributed by atoms with E-state index in [0.717, 1.165) is 18.7 Å². The largest absolute Gasteiger partial charge is 0.394 e. The van der Waals surface area contributed by atoms with Gasteiger partial charge < -0.3 is 24.5 Å². The standard InChI is InChI=1S/C22H40N6O4/c1-17-12-28(18(2)15-29)22(31)9-7-11-27-13-19(23-24-27)16-32-20(17)14-26(5)21(30)8-6-10-25(3)4/h13,17-18,20,29H,6-12,14-16H2,1-5H3/t17-,18+,20+/m1/s1. The van der Waals surface area contributed by atoms with Crippen molar-refractivity contribution in [3.63, 3.8) is 0 Å². The van der Waals surface area contributed by atoms with E-state index in [9.17, 15) is 14.7 Å². The average molecular weight is 453 g/mol. The maximum atomic E-state index is 12.9. The topological polar surface area (TPSA) is 104 Å². The molecular formula is C22H40N6O4. The summed E-state index contributed by atoms with van der Waals surface area (Å²) in [5, 5.41) is 18.0. The molecule has 0 unspecified atom stereocenters. The van der Waals surface area contributed by atoms with Crippen molar-refractivity contribution in [2.24, 2.45) is 5.92 Å². The highest BCUT2D eigenvalue weighted by Crippen LogP contribution is 2.18. The summed E-state index contributed by atoms with van der Waals surface area (Å²) >= 11 is 0. The van der Waals surface area contributed by atoms with Crippen LogP contribution < -0.4 is 0 Å². The highest BCUT2D eigenvalue weighted by atomic mass is 16.5. The molecule has 1 aliphatic rings. The van der Waals surface area contributed by atoms with Crippen molar-refractivity contribution in [3.05, 3.63) is 11.9 Å². The number of rotatable bonds is 8. The third-order valence-electron chi connectivity index (χ3n) is 5.92. The highest BCUT2D eigenvalue weighted by Gasteiger charge is 2.28. The molecule has 2 rings (SSSR count). The first-order valence-corrected chi connectivity index (χ1v) is 11.5. The van der Waals surface area contributed by atoms with Gasteiger partial charge in [0.15, 0.2) is 0 Å². The minimum Gasteiger partial charge on any atom is -0.394 e. The zero-order valence-corrected chi connectivity index (χ0v) is 20.2. The summed E-state index contributed by atoms with van der Waals surface area (Å²) in [7, 11) is 5.78. The fourth-order valence-corrected chi connectivity index (χ4v) is 3.80. The fourth-order valence-electron chi connectivity index (χ4n) is 3.80. The molecule has 1 aromatic rings. The Hall–Kier alpha value is -2.04. The number of carbonyl (C=O) groups excluding carboxylic acids is 2. The lowest BCUT2D eigenvalue weighted by molar-refractivity contribution is -0.138. The molecule has 0 aromatic carbocycles. The van der Waals surface area contributed by atoms with Crippen LogP contribution in [0.2, 0.25) is 0 Å². The Kier molecular flexibility index (Phi) is 10.5. The maximum absolute atomic E-state index is 12.9. The predicted molar refractivity (Wildman–Crippen MR) is 121 cm³/mol. The lowest BCUT2D eigenvalue weighted by atomic mass is 10.0. The summed E-state index contributed by atoms with van der Waals surface area (Å²) in [5.74, 6) is 0.0406. The highest BCUT2D eigenvalue weighted by molar-refractivity contribution is 5.76. The van der Waals surface area contributed by atoms with Gasteiger partial charge in [-0.3, -0.25) is 14.3 Å². The average Bonchev–Trinajstić information content (AvgIpc) is 3.20. The molecule has 1 N–H and O–H groups in total. The van der Waals surface area contributed by atoms with Crippen molar-refractivity contribution >= 4 is 11.8 Å². The number of amides is 2. The molecule has 182 valence electrons. The number of ether oxygens (including phenoxy) is 1. The zero-order valence-electron chi connectivity index (χ0n) is 20.2. The van der Waals surface area contributed by atoms with Crippen LogP contribution in [0.1, 0.15) is 45.2 Å². The van der Waals surface area contributed by atoms with Crippen LogP contribution in [-0.2, 0) is 27.5 Å². The van der Waals surface area contributed by atoms with E-state index in [1.165, 1.54) is 0 Å². The van der Waals surface area contributed by atoms with E-state index < -0.39 is 0 Å². The zero-order chi connectivity index (χ0) is 23.7. The van der Waals surface area contributed by atoms with Gasteiger partial charge >= 0.3 is 0 Å². The SMILES string of the molecule is C[C@@H]1CN([C@@H](C)CO)C(=O)CCCn2cc(nn2)CO[C@H]1CN(C)C(=O)CCCN(C)C. The number of carbonyl (C=O) groups is 2. The smallest absolute Gasteiger partial charge is 0.222 e. The van der Waals surface area contributed by atoms with Gasteiger partial charge in [0.1, 0.15) is 5.69 Å². The van der Waals surface area contributed by atoms with E-state index in [0.29, 0.717) is 45.5 Å². The minimum absolute atomic E-state index is 0.00449. The lowest BCUT2D eigenvalue weighted by Gasteiger charge is -2.35. The molecule has 1 aliphatic heterocycles. The first-order valence-electron chi connectivity index (χ1n) is 11.5. The molecule has 32 heavy (non-hydrogen) atoms. The number of hydrogen-bond donors (Lipinski definition) is 1. The van der Waals surface area contributed by atoms with Crippen LogP contribution in [0.5, 0.6) is 0 Å². The summed E-state index contributed by atoms with van der Waals surface area (Å²) in [4.78, 5) is 31.0. The molecule has 2 heterocycles. The van der Waals surface area contributed by atoms with Crippen molar-refractivity contribution < 1.29 is 19.4 Å². The van der Waals surface area contributed by atoms with Gasteiger partial charge in [-0.2, -0.15) is 0 Å². The molecule has 0 spiro atoms. The van der Waals surface area contributed by atoms with Gasteiger partial charge in [0.05, 0.1) is 31.6 Å². The van der Waals surface area contributed by atoms with E-state index in [-0.39, 0.29) is 36.5 Å². The number of likely N-dealkylation sites (N-methyl/N-ethyl adjacent to an activating group) is 1. The summed E-state index contributed by atoms with van der Waals surface area (Å²) in [5.41, 5.74) is 0.730. The van der Waals surface area contributed by atoms with Crippen LogP contribution in [0.15, 0.2) is 6.20 Å². The molecule has 0 aliphatic carbocycles. The molecule has 0 radical (unpaired) electrons. The van der Waals surface area contributed by atoms with E-state index in [2.05, 4.69) is 15.2 Å². The molecule has 3 atom stereocenters. The number of nitrogens with zero attached hydrogens (tertiary/aromatic N) is 6. The van der Waals surface area contributed by atoms with E-state index in [1.807, 2.05) is 34.1 Å². The summed E-state index contributed by atoms with van der Waals surface area (Å²) in [6.45, 7) is 6.41. The van der Waals surface area contributed by atoms with Crippen LogP contribution in [0.25, 0.3) is 0 Å². The summed E-state index contributed by atoms with van der Waals surface area (Å²) < 4.78 is 7.93. The summed E-state index contributed by atoms with van der Waals surface area (Å²) in [6.07, 6.45) is 3.87. The maximum Gasteiger partial charge on any atom is 0.222 e. The van der Waals surface area contributed by atoms with E-state index in [4.69, 9.17) is 4.74 Å². The Morgan fingerprint density at radius 2 is 2.12 bits per heavy atom. The third-order valence-corrected chi connectivity index (χ3v) is 5.92. The van der Waals surface area contributed by atoms with Gasteiger partial charge in [-0.1, -0.05) is 12.1 Å². The first-order chi connectivity index (χ1) is 15.2. The predicted octanol–water partition coefficient (Wildman–Crippen LogP) is 0.603. The van der Waals surface area contributed by atoms with Crippen LogP contribution in [0.4, 0.5) is 0 Å². The molecule has 0 saturated heterocycles. The number of aryl methyl sites for hydroxylation is 1. The number of hydrogen-bond acceptors (Lipinski definition) is 7. The Morgan fingerprint density at radius 3 is 2.81 bits per heavy atom. The van der Waals surface area contributed by atoms with Crippen LogP contribution >= 0.6 is 0 Å². The fraction of sp³-hybridized carbons (Fsp3) is 0.818. The van der Waals surface area contributed by atoms with Gasteiger partial charge in [0.2, 0.25) is 11.8 Å². The number of aliphatic hydroxyl groups excluding tert-OH is 1. The van der Waals surface area contributed by atoms with Crippen molar-refractivity contribution in [2.45, 2.75) is 64.8 Å². The van der Waals surface area contributed by atoms with Crippen molar-refractivity contribution in [1.29, 1.82) is 0 Å². The second-order valence-corrected chi connectivity index (χ2v) is 9.16. The minimum atomic E-state index is -0.287. The molecule has 10 nitrogen and oxygen atoms in total. The number of aliphatic hydroxyl groups is 1. The monoisotopic (exact) mass is 452 g/mol. The Morgan fingerprint density at radius 1 is 1.38 bits per heavy atom. The Bertz CT molecular complexity index is 725. The van der Waals surface area contributed by atoms with E-state index in [1.54, 1.807) is 21.5 Å². The van der Waals surface area contributed by atoms with Crippen molar-refractivity contribution in [3.8, 4) is 0 Å². The number of aromatic nitrogens is 3. The van der Waals surface area contributed by atoms with Crippen LogP contribution in [-0.4, -0.2) is 106 Å². The van der Waals surface area contributed by atoms with Gasteiger partial charge in [0.25, 0.3) is 0 Å². The van der Waals surface area contributed by atoms with Gasteiger partial charge in [-0.15, -0.1) is 5.10 Å². The molecule has 0 saturated carbocycles. The molecule has 10 heteroatoms. The number of fused-ring (bicyclic) bond motifs is 2. The third kappa shape index (κ3) is 8.14. The van der Waals surface area contributed by atoms with Crippen molar-refractivity contribution in [1.82, 2.24) is 29.7 Å². The second-order valence-electron chi connectivity index (χ2n) is 9.16. The molecule has 2 amide bonds. The molecule has 1 aromatic heterocycles. The molecular weight excluding hydrogens is 412 g/mol. The van der Waals surface area contributed by atoms with Crippen LogP contribution in [0.3, 0.4) is 0 Å². The van der Waals surface area contributed by atoms with E-state index >= 15 is 0 Å². The lowest BCUT2D eigenvalue weighted by Crippen LogP contribution is -2.47. The van der Waals surface area contributed by atoms with Gasteiger partial charge in [-0.25, -0.2) is 0 Å². The second kappa shape index (κ2) is 12.9. The molecule has 0 fully saturated rings. The quantitative estimate of drug-likeness (QED) is 0.616. The van der Waals surface area contributed by atoms with Crippen molar-refractivity contribution in [2.75, 3.05) is 47.4 Å². The van der Waals surface area contributed by atoms with Gasteiger partial charge in [0, 0.05) is 45.4 Å². The first kappa shape index (κ1) is 26.2. The normalized spacial score (nSPS) is 21.6. The Labute approximate surface area is 191 Å². The van der Waals surface area contributed by atoms with Crippen LogP contribution in [0, 0.1) is 5.92 Å².